The van der Waals surface area contributed by atoms with Crippen molar-refractivity contribution in [2.75, 3.05) is 5.32 Å². The maximum absolute atomic E-state index is 12.9. The summed E-state index contributed by atoms with van der Waals surface area (Å²) >= 11 is 7.52. The van der Waals surface area contributed by atoms with Crippen molar-refractivity contribution < 1.29 is 4.79 Å². The number of anilines is 1. The first-order valence-corrected chi connectivity index (χ1v) is 9.72. The summed E-state index contributed by atoms with van der Waals surface area (Å²) in [6.07, 6.45) is 0. The lowest BCUT2D eigenvalue weighted by Gasteiger charge is -2.12. The predicted molar refractivity (Wildman–Crippen MR) is 111 cm³/mol. The molecule has 140 valence electrons. The van der Waals surface area contributed by atoms with Gasteiger partial charge in [0, 0.05) is 11.9 Å². The summed E-state index contributed by atoms with van der Waals surface area (Å²) in [5, 5.41) is 2.99. The van der Waals surface area contributed by atoms with Gasteiger partial charge in [0.2, 0.25) is 5.91 Å². The molecule has 3 aromatic rings. The summed E-state index contributed by atoms with van der Waals surface area (Å²) in [5.74, 6) is -0.245. The molecule has 0 aliphatic carbocycles. The van der Waals surface area contributed by atoms with Gasteiger partial charge in [-0.15, -0.1) is 11.8 Å². The first-order chi connectivity index (χ1) is 12.9. The van der Waals surface area contributed by atoms with Gasteiger partial charge in [0.25, 0.3) is 5.56 Å². The smallest absolute Gasteiger partial charge is 0.295 e. The molecule has 7 heteroatoms. The van der Waals surface area contributed by atoms with Crippen molar-refractivity contribution in [1.82, 2.24) is 9.36 Å². The van der Waals surface area contributed by atoms with E-state index >= 15 is 0 Å². The molecule has 0 radical (unpaired) electrons. The quantitative estimate of drug-likeness (QED) is 0.650. The zero-order valence-corrected chi connectivity index (χ0v) is 16.8. The normalized spacial score (nSPS) is 12.0. The Bertz CT molecular complexity index is 1030. The average molecular weight is 402 g/mol. The zero-order chi connectivity index (χ0) is 19.6. The molecule has 3 rings (SSSR count). The van der Waals surface area contributed by atoms with Crippen LogP contribution >= 0.6 is 23.4 Å². The third-order valence-corrected chi connectivity index (χ3v) is 5.93. The fourth-order valence-corrected chi connectivity index (χ4v) is 3.88. The maximum atomic E-state index is 12.9. The van der Waals surface area contributed by atoms with Crippen LogP contribution in [-0.4, -0.2) is 20.5 Å². The summed E-state index contributed by atoms with van der Waals surface area (Å²) in [7, 11) is 1.79. The number of halogens is 1. The number of para-hydroxylation sites is 1. The van der Waals surface area contributed by atoms with Crippen molar-refractivity contribution >= 4 is 35.0 Å². The van der Waals surface area contributed by atoms with Crippen molar-refractivity contribution in [3.63, 3.8) is 0 Å². The van der Waals surface area contributed by atoms with Crippen LogP contribution in [0.25, 0.3) is 5.69 Å². The summed E-state index contributed by atoms with van der Waals surface area (Å²) in [5.41, 5.74) is 1.46. The van der Waals surface area contributed by atoms with E-state index < -0.39 is 5.25 Å². The van der Waals surface area contributed by atoms with Gasteiger partial charge < -0.3 is 5.32 Å². The highest BCUT2D eigenvalue weighted by atomic mass is 35.5. The molecule has 1 atom stereocenters. The standard InChI is InChI=1S/C20H20ClN3O2S/c1-13-18(20(26)24(23(13)3)15-9-5-4-6-10-15)22-19(25)14(2)27-17-12-8-7-11-16(17)21/h4-12,14H,1-3H3,(H,22,25). The Morgan fingerprint density at radius 1 is 1.11 bits per heavy atom. The van der Waals surface area contributed by atoms with Crippen molar-refractivity contribution in [1.29, 1.82) is 0 Å². The van der Waals surface area contributed by atoms with Crippen LogP contribution in [-0.2, 0) is 11.8 Å². The fraction of sp³-hybridized carbons (Fsp3) is 0.200. The van der Waals surface area contributed by atoms with E-state index in [1.54, 1.807) is 24.7 Å². The number of hydrogen-bond donors (Lipinski definition) is 1. The molecule has 1 heterocycles. The average Bonchev–Trinajstić information content (AvgIpc) is 2.87. The summed E-state index contributed by atoms with van der Waals surface area (Å²) in [6, 6.07) is 16.7. The Morgan fingerprint density at radius 2 is 1.74 bits per heavy atom. The fourth-order valence-electron chi connectivity index (χ4n) is 2.72. The van der Waals surface area contributed by atoms with Crippen molar-refractivity contribution in [2.24, 2.45) is 7.05 Å². The van der Waals surface area contributed by atoms with E-state index in [2.05, 4.69) is 5.32 Å². The zero-order valence-electron chi connectivity index (χ0n) is 15.3. The highest BCUT2D eigenvalue weighted by Crippen LogP contribution is 2.30. The second-order valence-corrected chi connectivity index (χ2v) is 7.91. The van der Waals surface area contributed by atoms with Gasteiger partial charge in [0.05, 0.1) is 21.7 Å². The number of carbonyl (C=O) groups is 1. The van der Waals surface area contributed by atoms with Crippen LogP contribution < -0.4 is 10.9 Å². The number of rotatable bonds is 5. The van der Waals surface area contributed by atoms with Gasteiger partial charge in [-0.05, 0) is 38.1 Å². The molecule has 27 heavy (non-hydrogen) atoms. The van der Waals surface area contributed by atoms with E-state index in [-0.39, 0.29) is 17.2 Å². The van der Waals surface area contributed by atoms with Crippen LogP contribution in [0.4, 0.5) is 5.69 Å². The highest BCUT2D eigenvalue weighted by molar-refractivity contribution is 8.00. The lowest BCUT2D eigenvalue weighted by atomic mass is 10.3. The molecule has 1 unspecified atom stereocenters. The molecule has 0 saturated heterocycles. The van der Waals surface area contributed by atoms with E-state index in [4.69, 9.17) is 11.6 Å². The Hall–Kier alpha value is -2.44. The summed E-state index contributed by atoms with van der Waals surface area (Å²) < 4.78 is 3.27. The van der Waals surface area contributed by atoms with Gasteiger partial charge in [-0.3, -0.25) is 14.3 Å². The second kappa shape index (κ2) is 8.06. The number of nitrogens with one attached hydrogen (secondary N) is 1. The number of thioether (sulfide) groups is 1. The Morgan fingerprint density at radius 3 is 2.41 bits per heavy atom. The van der Waals surface area contributed by atoms with Crippen molar-refractivity contribution in [2.45, 2.75) is 24.0 Å². The van der Waals surface area contributed by atoms with Gasteiger partial charge >= 0.3 is 0 Å². The SMILES string of the molecule is Cc1c(NC(=O)C(C)Sc2ccccc2Cl)c(=O)n(-c2ccccc2)n1C. The number of nitrogens with zero attached hydrogens (tertiary/aromatic N) is 2. The van der Waals surface area contributed by atoms with E-state index in [1.807, 2.05) is 55.5 Å². The first-order valence-electron chi connectivity index (χ1n) is 8.46. The van der Waals surface area contributed by atoms with Gasteiger partial charge in [0.1, 0.15) is 5.69 Å². The van der Waals surface area contributed by atoms with Crippen LogP contribution in [0.5, 0.6) is 0 Å². The summed E-state index contributed by atoms with van der Waals surface area (Å²) in [6.45, 7) is 3.60. The van der Waals surface area contributed by atoms with Gasteiger partial charge in [-0.2, -0.15) is 0 Å². The minimum atomic E-state index is -0.408. The molecule has 2 aromatic carbocycles. The molecule has 0 aliphatic heterocycles. The Kier molecular flexibility index (Phi) is 5.77. The number of amides is 1. The molecule has 0 fully saturated rings. The van der Waals surface area contributed by atoms with Crippen molar-refractivity contribution in [3.05, 3.63) is 75.7 Å². The van der Waals surface area contributed by atoms with E-state index in [0.29, 0.717) is 10.7 Å². The molecule has 1 amide bonds. The molecule has 0 aliphatic rings. The molecule has 1 aromatic heterocycles. The first kappa shape index (κ1) is 19.3. The topological polar surface area (TPSA) is 56.0 Å². The molecule has 1 N–H and O–H groups in total. The number of carbonyl (C=O) groups excluding carboxylic acids is 1. The highest BCUT2D eigenvalue weighted by Gasteiger charge is 2.22. The van der Waals surface area contributed by atoms with Crippen LogP contribution in [0.2, 0.25) is 5.02 Å². The minimum absolute atomic E-state index is 0.245. The van der Waals surface area contributed by atoms with E-state index in [0.717, 1.165) is 10.6 Å². The molecule has 5 nitrogen and oxygen atoms in total. The minimum Gasteiger partial charge on any atom is -0.319 e. The van der Waals surface area contributed by atoms with Crippen LogP contribution in [0.1, 0.15) is 12.6 Å². The lowest BCUT2D eigenvalue weighted by Crippen LogP contribution is -2.27. The lowest BCUT2D eigenvalue weighted by molar-refractivity contribution is -0.115. The number of aromatic nitrogens is 2. The molecular weight excluding hydrogens is 382 g/mol. The predicted octanol–water partition coefficient (Wildman–Crippen LogP) is 4.26. The van der Waals surface area contributed by atoms with Crippen LogP contribution in [0, 0.1) is 6.92 Å². The molecule has 0 saturated carbocycles. The van der Waals surface area contributed by atoms with Crippen molar-refractivity contribution in [3.8, 4) is 5.69 Å². The van der Waals surface area contributed by atoms with E-state index in [1.165, 1.54) is 16.4 Å². The summed E-state index contributed by atoms with van der Waals surface area (Å²) in [4.78, 5) is 26.4. The van der Waals surface area contributed by atoms with Crippen LogP contribution in [0.15, 0.2) is 64.3 Å². The Labute approximate surface area is 166 Å². The molecule has 0 spiro atoms. The van der Waals surface area contributed by atoms with E-state index in [9.17, 15) is 9.59 Å². The van der Waals surface area contributed by atoms with Gasteiger partial charge in [-0.25, -0.2) is 4.68 Å². The number of hydrogen-bond acceptors (Lipinski definition) is 3. The Balaban J connectivity index is 1.84. The third-order valence-electron chi connectivity index (χ3n) is 4.31. The monoisotopic (exact) mass is 401 g/mol. The van der Waals surface area contributed by atoms with Crippen LogP contribution in [0.3, 0.4) is 0 Å². The maximum Gasteiger partial charge on any atom is 0.295 e. The largest absolute Gasteiger partial charge is 0.319 e. The molecular formula is C20H20ClN3O2S. The number of benzene rings is 2. The van der Waals surface area contributed by atoms with Gasteiger partial charge in [0.15, 0.2) is 0 Å². The van der Waals surface area contributed by atoms with Gasteiger partial charge in [-0.1, -0.05) is 41.9 Å². The molecule has 0 bridgehead atoms. The second-order valence-electron chi connectivity index (χ2n) is 6.12. The third kappa shape index (κ3) is 3.96.